The molecule has 0 atom stereocenters. The van der Waals surface area contributed by atoms with E-state index in [-0.39, 0.29) is 5.91 Å². The zero-order valence-corrected chi connectivity index (χ0v) is 13.8. The Morgan fingerprint density at radius 1 is 1.30 bits per heavy atom. The zero-order chi connectivity index (χ0) is 14.9. The molecule has 0 saturated carbocycles. The van der Waals surface area contributed by atoms with E-state index in [0.717, 1.165) is 3.57 Å². The fourth-order valence-corrected chi connectivity index (χ4v) is 2.41. The van der Waals surface area contributed by atoms with Gasteiger partial charge in [0.1, 0.15) is 5.60 Å². The number of ether oxygens (including phenoxy) is 1. The van der Waals surface area contributed by atoms with Gasteiger partial charge >= 0.3 is 5.97 Å². The number of carbonyl (C=O) groups is 2. The van der Waals surface area contributed by atoms with Gasteiger partial charge in [0, 0.05) is 21.2 Å². The largest absolute Gasteiger partial charge is 0.456 e. The number of rotatable bonds is 1. The smallest absolute Gasteiger partial charge is 0.339 e. The van der Waals surface area contributed by atoms with Gasteiger partial charge < -0.3 is 10.1 Å². The summed E-state index contributed by atoms with van der Waals surface area (Å²) < 4.78 is 6.38. The van der Waals surface area contributed by atoms with E-state index in [1.165, 1.54) is 0 Å². The van der Waals surface area contributed by atoms with Crippen molar-refractivity contribution in [3.05, 3.63) is 39.0 Å². The second-order valence-corrected chi connectivity index (χ2v) is 6.77. The number of benzene rings is 1. The summed E-state index contributed by atoms with van der Waals surface area (Å²) in [6, 6.07) is 5.41. The molecule has 5 heteroatoms. The van der Waals surface area contributed by atoms with Crippen LogP contribution in [0.1, 0.15) is 36.7 Å². The summed E-state index contributed by atoms with van der Waals surface area (Å²) in [5.74, 6) is -0.580. The molecule has 0 aliphatic carbocycles. The van der Waals surface area contributed by atoms with Crippen molar-refractivity contribution in [2.24, 2.45) is 0 Å². The summed E-state index contributed by atoms with van der Waals surface area (Å²) in [5, 5.41) is 2.74. The van der Waals surface area contributed by atoms with E-state index in [9.17, 15) is 9.59 Å². The zero-order valence-electron chi connectivity index (χ0n) is 11.6. The minimum atomic E-state index is -0.566. The summed E-state index contributed by atoms with van der Waals surface area (Å²) in [7, 11) is 0. The topological polar surface area (TPSA) is 55.4 Å². The number of amides is 1. The van der Waals surface area contributed by atoms with Crippen LogP contribution < -0.4 is 5.32 Å². The van der Waals surface area contributed by atoms with Gasteiger partial charge in [-0.25, -0.2) is 4.79 Å². The third-order valence-electron chi connectivity index (χ3n) is 2.70. The van der Waals surface area contributed by atoms with Gasteiger partial charge in [-0.05, 0) is 61.6 Å². The van der Waals surface area contributed by atoms with Crippen molar-refractivity contribution in [1.82, 2.24) is 5.32 Å². The van der Waals surface area contributed by atoms with Crippen molar-refractivity contribution in [3.8, 4) is 0 Å². The summed E-state index contributed by atoms with van der Waals surface area (Å²) in [4.78, 5) is 24.3. The molecule has 1 N–H and O–H groups in total. The van der Waals surface area contributed by atoms with Gasteiger partial charge in [0.25, 0.3) is 5.91 Å². The van der Waals surface area contributed by atoms with E-state index in [4.69, 9.17) is 4.74 Å². The molecular weight excluding hydrogens is 369 g/mol. The lowest BCUT2D eigenvalue weighted by Crippen LogP contribution is -2.24. The van der Waals surface area contributed by atoms with E-state index < -0.39 is 11.6 Å². The molecule has 1 aromatic carbocycles. The Morgan fingerprint density at radius 2 is 2.00 bits per heavy atom. The van der Waals surface area contributed by atoms with Crippen molar-refractivity contribution < 1.29 is 14.3 Å². The van der Waals surface area contributed by atoms with Gasteiger partial charge in [0.2, 0.25) is 0 Å². The van der Waals surface area contributed by atoms with Crippen molar-refractivity contribution in [1.29, 1.82) is 0 Å². The van der Waals surface area contributed by atoms with Gasteiger partial charge in [-0.2, -0.15) is 0 Å². The van der Waals surface area contributed by atoms with Crippen LogP contribution in [0.3, 0.4) is 0 Å². The van der Waals surface area contributed by atoms with Crippen LogP contribution in [0.2, 0.25) is 0 Å². The van der Waals surface area contributed by atoms with E-state index >= 15 is 0 Å². The molecular formula is C15H16INO3. The molecule has 2 rings (SSSR count). The number of hydrogen-bond acceptors (Lipinski definition) is 3. The molecule has 106 valence electrons. The lowest BCUT2D eigenvalue weighted by molar-refractivity contribution is -0.147. The lowest BCUT2D eigenvalue weighted by atomic mass is 9.99. The maximum absolute atomic E-state index is 12.3. The molecule has 0 saturated heterocycles. The van der Waals surface area contributed by atoms with E-state index in [0.29, 0.717) is 23.2 Å². The quantitative estimate of drug-likeness (QED) is 0.598. The Balaban J connectivity index is 2.46. The van der Waals surface area contributed by atoms with Crippen molar-refractivity contribution >= 4 is 40.0 Å². The van der Waals surface area contributed by atoms with Crippen molar-refractivity contribution in [2.75, 3.05) is 6.54 Å². The minimum absolute atomic E-state index is 0.175. The van der Waals surface area contributed by atoms with Gasteiger partial charge in [0.15, 0.2) is 0 Å². The first-order valence-electron chi connectivity index (χ1n) is 6.29. The van der Waals surface area contributed by atoms with Crippen molar-refractivity contribution in [3.63, 3.8) is 0 Å². The maximum Gasteiger partial charge on any atom is 0.339 e. The number of carbonyl (C=O) groups excluding carboxylic acids is 2. The molecule has 1 aliphatic heterocycles. The fraction of sp³-hybridized carbons (Fsp3) is 0.333. The van der Waals surface area contributed by atoms with Gasteiger partial charge in [-0.15, -0.1) is 0 Å². The number of esters is 1. The molecule has 4 nitrogen and oxygen atoms in total. The Morgan fingerprint density at radius 3 is 2.65 bits per heavy atom. The van der Waals surface area contributed by atoms with E-state index in [1.807, 2.05) is 32.9 Å². The summed E-state index contributed by atoms with van der Waals surface area (Å²) in [6.45, 7) is 5.78. The molecule has 1 aromatic rings. The molecule has 0 fully saturated rings. The standard InChI is InChI=1S/C15H16INO3/c1-15(2,3)20-14(19)11-6-7-17-13(18)10-5-4-9(16)8-12(10)11/h4-6,8H,7H2,1-3H3,(H,17,18). The van der Waals surface area contributed by atoms with Gasteiger partial charge in [-0.1, -0.05) is 6.08 Å². The number of nitrogens with one attached hydrogen (secondary N) is 1. The van der Waals surface area contributed by atoms with Crippen LogP contribution in [0.15, 0.2) is 24.3 Å². The van der Waals surface area contributed by atoms with E-state index in [2.05, 4.69) is 27.9 Å². The van der Waals surface area contributed by atoms with Crippen LogP contribution in [0.25, 0.3) is 5.57 Å². The fourth-order valence-electron chi connectivity index (χ4n) is 1.91. The van der Waals surface area contributed by atoms with Crippen LogP contribution in [0.4, 0.5) is 0 Å². The van der Waals surface area contributed by atoms with Crippen LogP contribution in [-0.2, 0) is 9.53 Å². The molecule has 1 heterocycles. The Bertz CT molecular complexity index is 600. The first-order chi connectivity index (χ1) is 9.28. The average molecular weight is 385 g/mol. The first kappa shape index (κ1) is 15.0. The predicted molar refractivity (Wildman–Crippen MR) is 85.3 cm³/mol. The highest BCUT2D eigenvalue weighted by Gasteiger charge is 2.26. The molecule has 0 spiro atoms. The second-order valence-electron chi connectivity index (χ2n) is 5.52. The highest BCUT2D eigenvalue weighted by Crippen LogP contribution is 2.26. The number of hydrogen-bond donors (Lipinski definition) is 1. The normalized spacial score (nSPS) is 14.8. The summed E-state index contributed by atoms with van der Waals surface area (Å²) in [5.41, 5.74) is 0.997. The SMILES string of the molecule is CC(C)(C)OC(=O)C1=CCNC(=O)c2ccc(I)cc21. The van der Waals surface area contributed by atoms with Crippen LogP contribution in [0, 0.1) is 3.57 Å². The van der Waals surface area contributed by atoms with Crippen LogP contribution >= 0.6 is 22.6 Å². The molecule has 0 radical (unpaired) electrons. The minimum Gasteiger partial charge on any atom is -0.456 e. The third kappa shape index (κ3) is 3.39. The molecule has 20 heavy (non-hydrogen) atoms. The molecule has 0 unspecified atom stereocenters. The first-order valence-corrected chi connectivity index (χ1v) is 7.37. The second kappa shape index (κ2) is 5.55. The molecule has 1 amide bonds. The maximum atomic E-state index is 12.3. The van der Waals surface area contributed by atoms with Crippen molar-refractivity contribution in [2.45, 2.75) is 26.4 Å². The van der Waals surface area contributed by atoms with E-state index in [1.54, 1.807) is 12.1 Å². The average Bonchev–Trinajstić information content (AvgIpc) is 2.46. The highest BCUT2D eigenvalue weighted by atomic mass is 127. The van der Waals surface area contributed by atoms with Crippen LogP contribution in [-0.4, -0.2) is 24.0 Å². The van der Waals surface area contributed by atoms with Crippen LogP contribution in [0.5, 0.6) is 0 Å². The summed E-state index contributed by atoms with van der Waals surface area (Å²) >= 11 is 2.16. The molecule has 0 aromatic heterocycles. The predicted octanol–water partition coefficient (Wildman–Crippen LogP) is 2.76. The van der Waals surface area contributed by atoms with Gasteiger partial charge in [-0.3, -0.25) is 4.79 Å². The monoisotopic (exact) mass is 385 g/mol. The molecule has 1 aliphatic rings. The van der Waals surface area contributed by atoms with Gasteiger partial charge in [0.05, 0.1) is 5.57 Å². The Labute approximate surface area is 131 Å². The highest BCUT2D eigenvalue weighted by molar-refractivity contribution is 14.1. The lowest BCUT2D eigenvalue weighted by Gasteiger charge is -2.21. The molecule has 0 bridgehead atoms. The number of fused-ring (bicyclic) bond motifs is 1. The Kier molecular flexibility index (Phi) is 4.17. The number of halogens is 1. The third-order valence-corrected chi connectivity index (χ3v) is 3.38. The summed E-state index contributed by atoms with van der Waals surface area (Å²) in [6.07, 6.45) is 1.70. The Hall–Kier alpha value is -1.37.